The second-order valence-corrected chi connectivity index (χ2v) is 4.87. The summed E-state index contributed by atoms with van der Waals surface area (Å²) in [5.41, 5.74) is 6.20. The standard InChI is InChI=1S/C12H14N4O2S/c1-2-9(11-14-3-4-19-11)16-10-8(13)5-7(6-15-10)12(17)18/h3-6,9H,2,13H2,1H3,(H,15,16)(H,17,18). The van der Waals surface area contributed by atoms with Crippen molar-refractivity contribution in [2.24, 2.45) is 0 Å². The van der Waals surface area contributed by atoms with Crippen LogP contribution in [0.5, 0.6) is 0 Å². The molecule has 2 rings (SSSR count). The summed E-state index contributed by atoms with van der Waals surface area (Å²) in [6.45, 7) is 2.03. The number of carboxylic acid groups (broad SMARTS) is 1. The van der Waals surface area contributed by atoms with Crippen molar-refractivity contribution in [1.82, 2.24) is 9.97 Å². The lowest BCUT2D eigenvalue weighted by atomic mass is 10.2. The van der Waals surface area contributed by atoms with Crippen molar-refractivity contribution >= 4 is 28.8 Å². The van der Waals surface area contributed by atoms with Gasteiger partial charge in [0.25, 0.3) is 0 Å². The maximum absolute atomic E-state index is 10.8. The van der Waals surface area contributed by atoms with Gasteiger partial charge in [-0.25, -0.2) is 14.8 Å². The van der Waals surface area contributed by atoms with E-state index in [0.717, 1.165) is 11.4 Å². The molecule has 4 N–H and O–H groups in total. The number of hydrogen-bond acceptors (Lipinski definition) is 6. The van der Waals surface area contributed by atoms with E-state index in [1.165, 1.54) is 12.3 Å². The van der Waals surface area contributed by atoms with Crippen molar-refractivity contribution < 1.29 is 9.90 Å². The molecule has 0 spiro atoms. The zero-order valence-electron chi connectivity index (χ0n) is 10.3. The van der Waals surface area contributed by atoms with Gasteiger partial charge in [-0.3, -0.25) is 0 Å². The number of nitrogens with one attached hydrogen (secondary N) is 1. The number of hydrogen-bond donors (Lipinski definition) is 3. The van der Waals surface area contributed by atoms with E-state index in [-0.39, 0.29) is 11.6 Å². The summed E-state index contributed by atoms with van der Waals surface area (Å²) < 4.78 is 0. The lowest BCUT2D eigenvalue weighted by Crippen LogP contribution is -2.13. The summed E-state index contributed by atoms with van der Waals surface area (Å²) in [5, 5.41) is 14.9. The fraction of sp³-hybridized carbons (Fsp3) is 0.250. The summed E-state index contributed by atoms with van der Waals surface area (Å²) in [5.74, 6) is -0.565. The molecule has 100 valence electrons. The maximum atomic E-state index is 10.8. The summed E-state index contributed by atoms with van der Waals surface area (Å²) in [6, 6.07) is 1.41. The molecular formula is C12H14N4O2S. The highest BCUT2D eigenvalue weighted by Gasteiger charge is 2.15. The van der Waals surface area contributed by atoms with E-state index >= 15 is 0 Å². The molecule has 2 heterocycles. The smallest absolute Gasteiger partial charge is 0.337 e. The average Bonchev–Trinajstić information content (AvgIpc) is 2.91. The summed E-state index contributed by atoms with van der Waals surface area (Å²) in [7, 11) is 0. The van der Waals surface area contributed by atoms with Crippen LogP contribution in [0.4, 0.5) is 11.5 Å². The van der Waals surface area contributed by atoms with Crippen LogP contribution in [0, 0.1) is 0 Å². The first-order valence-corrected chi connectivity index (χ1v) is 6.64. The molecule has 0 fully saturated rings. The number of carboxylic acids is 1. The number of carbonyl (C=O) groups is 1. The second kappa shape index (κ2) is 5.66. The molecule has 0 aliphatic heterocycles. The minimum atomic E-state index is -1.04. The zero-order valence-corrected chi connectivity index (χ0v) is 11.1. The minimum absolute atomic E-state index is 0.0190. The molecular weight excluding hydrogens is 264 g/mol. The Morgan fingerprint density at radius 2 is 2.37 bits per heavy atom. The van der Waals surface area contributed by atoms with Gasteiger partial charge < -0.3 is 16.2 Å². The molecule has 1 unspecified atom stereocenters. The third-order valence-electron chi connectivity index (χ3n) is 2.63. The van der Waals surface area contributed by atoms with Crippen molar-refractivity contribution in [2.45, 2.75) is 19.4 Å². The van der Waals surface area contributed by atoms with Crippen molar-refractivity contribution in [3.63, 3.8) is 0 Å². The van der Waals surface area contributed by atoms with Crippen LogP contribution >= 0.6 is 11.3 Å². The fourth-order valence-electron chi connectivity index (χ4n) is 1.63. The molecule has 0 saturated heterocycles. The van der Waals surface area contributed by atoms with Crippen LogP contribution < -0.4 is 11.1 Å². The first kappa shape index (κ1) is 13.3. The molecule has 0 amide bonds. The number of thiazole rings is 1. The predicted molar refractivity (Wildman–Crippen MR) is 74.4 cm³/mol. The molecule has 7 heteroatoms. The number of rotatable bonds is 5. The zero-order chi connectivity index (χ0) is 13.8. The van der Waals surface area contributed by atoms with E-state index in [4.69, 9.17) is 10.8 Å². The van der Waals surface area contributed by atoms with Gasteiger partial charge >= 0.3 is 5.97 Å². The first-order chi connectivity index (χ1) is 9.11. The van der Waals surface area contributed by atoms with Crippen LogP contribution in [-0.2, 0) is 0 Å². The van der Waals surface area contributed by atoms with Crippen LogP contribution in [0.3, 0.4) is 0 Å². The van der Waals surface area contributed by atoms with E-state index in [2.05, 4.69) is 15.3 Å². The third kappa shape index (κ3) is 3.00. The Hall–Kier alpha value is -2.15. The quantitative estimate of drug-likeness (QED) is 0.776. The van der Waals surface area contributed by atoms with Crippen LogP contribution in [0.25, 0.3) is 0 Å². The van der Waals surface area contributed by atoms with Gasteiger partial charge in [-0.1, -0.05) is 6.92 Å². The van der Waals surface area contributed by atoms with Crippen LogP contribution in [-0.4, -0.2) is 21.0 Å². The largest absolute Gasteiger partial charge is 0.478 e. The molecule has 0 aromatic carbocycles. The van der Waals surface area contributed by atoms with Crippen LogP contribution in [0.1, 0.15) is 34.8 Å². The number of nitrogens with zero attached hydrogens (tertiary/aromatic N) is 2. The van der Waals surface area contributed by atoms with Crippen LogP contribution in [0.2, 0.25) is 0 Å². The SMILES string of the molecule is CCC(Nc1ncc(C(=O)O)cc1N)c1nccs1. The topological polar surface area (TPSA) is 101 Å². The fourth-order valence-corrected chi connectivity index (χ4v) is 2.40. The molecule has 0 aliphatic rings. The summed E-state index contributed by atoms with van der Waals surface area (Å²) in [6.07, 6.45) is 3.86. The molecule has 6 nitrogen and oxygen atoms in total. The van der Waals surface area contributed by atoms with Gasteiger partial charge in [0, 0.05) is 17.8 Å². The van der Waals surface area contributed by atoms with Crippen molar-refractivity contribution in [2.75, 3.05) is 11.1 Å². The van der Waals surface area contributed by atoms with Crippen LogP contribution in [0.15, 0.2) is 23.8 Å². The molecule has 0 aliphatic carbocycles. The average molecular weight is 278 g/mol. The second-order valence-electron chi connectivity index (χ2n) is 3.94. The van der Waals surface area contributed by atoms with E-state index < -0.39 is 5.97 Å². The Morgan fingerprint density at radius 3 is 2.89 bits per heavy atom. The Balaban J connectivity index is 2.21. The van der Waals surface area contributed by atoms with Gasteiger partial charge in [-0.05, 0) is 12.5 Å². The van der Waals surface area contributed by atoms with E-state index in [1.807, 2.05) is 12.3 Å². The highest BCUT2D eigenvalue weighted by Crippen LogP contribution is 2.26. The predicted octanol–water partition coefficient (Wildman–Crippen LogP) is 2.38. The number of nitrogen functional groups attached to an aromatic ring is 1. The van der Waals surface area contributed by atoms with Gasteiger partial charge in [0.05, 0.1) is 17.3 Å². The van der Waals surface area contributed by atoms with Gasteiger partial charge in [-0.15, -0.1) is 11.3 Å². The molecule has 0 radical (unpaired) electrons. The number of anilines is 2. The summed E-state index contributed by atoms with van der Waals surface area (Å²) in [4.78, 5) is 19.1. The molecule has 2 aromatic rings. The van der Waals surface area contributed by atoms with Gasteiger partial charge in [0.2, 0.25) is 0 Å². The highest BCUT2D eigenvalue weighted by atomic mass is 32.1. The van der Waals surface area contributed by atoms with Gasteiger partial charge in [0.1, 0.15) is 10.8 Å². The number of nitrogens with two attached hydrogens (primary N) is 1. The first-order valence-electron chi connectivity index (χ1n) is 5.76. The Bertz CT molecular complexity index is 571. The van der Waals surface area contributed by atoms with Crippen molar-refractivity contribution in [3.8, 4) is 0 Å². The number of pyridine rings is 1. The van der Waals surface area contributed by atoms with Gasteiger partial charge in [0.15, 0.2) is 0 Å². The Labute approximate surface area is 114 Å². The Morgan fingerprint density at radius 1 is 1.58 bits per heavy atom. The Kier molecular flexibility index (Phi) is 3.96. The molecule has 0 saturated carbocycles. The number of aromatic nitrogens is 2. The lowest BCUT2D eigenvalue weighted by Gasteiger charge is -2.16. The molecule has 1 atom stereocenters. The van der Waals surface area contributed by atoms with Crippen molar-refractivity contribution in [3.05, 3.63) is 34.4 Å². The molecule has 19 heavy (non-hydrogen) atoms. The minimum Gasteiger partial charge on any atom is -0.478 e. The van der Waals surface area contributed by atoms with Crippen molar-refractivity contribution in [1.29, 1.82) is 0 Å². The third-order valence-corrected chi connectivity index (χ3v) is 3.52. The lowest BCUT2D eigenvalue weighted by molar-refractivity contribution is 0.0696. The van der Waals surface area contributed by atoms with Gasteiger partial charge in [-0.2, -0.15) is 0 Å². The summed E-state index contributed by atoms with van der Waals surface area (Å²) >= 11 is 1.55. The monoisotopic (exact) mass is 278 g/mol. The molecule has 2 aromatic heterocycles. The highest BCUT2D eigenvalue weighted by molar-refractivity contribution is 7.09. The van der Waals surface area contributed by atoms with E-state index in [1.54, 1.807) is 17.5 Å². The number of aromatic carboxylic acids is 1. The maximum Gasteiger partial charge on any atom is 0.337 e. The van der Waals surface area contributed by atoms with E-state index in [0.29, 0.717) is 11.5 Å². The molecule has 0 bridgehead atoms. The van der Waals surface area contributed by atoms with E-state index in [9.17, 15) is 4.79 Å². The normalized spacial score (nSPS) is 12.1.